The van der Waals surface area contributed by atoms with Gasteiger partial charge in [-0.1, -0.05) is 0 Å². The largest absolute Gasteiger partial charge is 2.00 e. The number of nitrogens with two attached hydrogens (primary N) is 2. The Morgan fingerprint density at radius 3 is 1.11 bits per heavy atom. The molecule has 0 spiro atoms. The van der Waals surface area contributed by atoms with Crippen LogP contribution in [0.15, 0.2) is 0 Å². The van der Waals surface area contributed by atoms with E-state index in [1.54, 1.807) is 0 Å². The predicted molar refractivity (Wildman–Crippen MR) is 76.6 cm³/mol. The molecule has 1 atom stereocenters. The van der Waals surface area contributed by atoms with E-state index < -0.39 is 38.6 Å². The van der Waals surface area contributed by atoms with Gasteiger partial charge in [-0.25, -0.2) is 4.79 Å². The summed E-state index contributed by atoms with van der Waals surface area (Å²) >= 11 is 0. The number of urea groups is 1. The van der Waals surface area contributed by atoms with Crippen molar-refractivity contribution < 1.29 is 64.0 Å². The van der Waals surface area contributed by atoms with E-state index in [0.717, 1.165) is 0 Å². The molecule has 2 radical (unpaired) electrons. The second-order valence-corrected chi connectivity index (χ2v) is 2.53. The maximum Gasteiger partial charge on any atom is 2.00 e. The van der Waals surface area contributed by atoms with Gasteiger partial charge >= 0.3 is 40.2 Å². The topological polar surface area (TPSA) is 379 Å². The zero-order valence-corrected chi connectivity index (χ0v) is 14.7. The average Bonchev–Trinajstić information content (AvgIpc) is 2.21. The van der Waals surface area contributed by atoms with Crippen LogP contribution in [-0.4, -0.2) is 38.6 Å². The number of ether oxygens (including phenoxy) is 1. The van der Waals surface area contributed by atoms with Crippen molar-refractivity contribution in [3.8, 4) is 0 Å². The van der Waals surface area contributed by atoms with Crippen LogP contribution in [0.3, 0.4) is 0 Å². The zero-order chi connectivity index (χ0) is 22.5. The number of hydrogen-bond donors (Lipinski definition) is 4. The molecule has 0 fully saturated rings. The van der Waals surface area contributed by atoms with Crippen LogP contribution in [0.5, 0.6) is 0 Å². The van der Waals surface area contributed by atoms with E-state index in [2.05, 4.69) is 10.1 Å². The number of hydrogen-bond acceptors (Lipinski definition) is 15. The molecular weight excluding hydrogens is 511 g/mol. The van der Waals surface area contributed by atoms with Gasteiger partial charge in [0.15, 0.2) is 6.23 Å². The van der Waals surface area contributed by atoms with Crippen molar-refractivity contribution in [1.82, 2.24) is 5.32 Å². The molecule has 172 valence electrons. The van der Waals surface area contributed by atoms with Crippen LogP contribution in [0.25, 0.3) is 0 Å². The molecule has 0 aliphatic rings. The van der Waals surface area contributed by atoms with Crippen LogP contribution in [-0.2, 0) is 38.9 Å². The molecule has 1 unspecified atom stereocenters. The summed E-state index contributed by atoms with van der Waals surface area (Å²) in [5, 5.41) is 67.8. The van der Waals surface area contributed by atoms with E-state index in [1.807, 2.05) is 0 Å². The zero-order valence-electron chi connectivity index (χ0n) is 12.8. The second kappa shape index (κ2) is 31.2. The van der Waals surface area contributed by atoms with Gasteiger partial charge < -0.3 is 82.8 Å². The molecule has 0 aliphatic carbocycles. The van der Waals surface area contributed by atoms with Crippen LogP contribution in [0.1, 0.15) is 6.92 Å². The first-order valence-corrected chi connectivity index (χ1v) is 4.78. The fourth-order valence-electron chi connectivity index (χ4n) is 0.420. The van der Waals surface area contributed by atoms with E-state index in [0.29, 0.717) is 0 Å². The number of carbonyl (C=O) groups is 1. The molecule has 0 heterocycles. The van der Waals surface area contributed by atoms with Gasteiger partial charge in [0.2, 0.25) is 0 Å². The monoisotopic (exact) mass is 520 g/mol. The Labute approximate surface area is 173 Å². The quantitative estimate of drug-likeness (QED) is 0.0758. The van der Waals surface area contributed by atoms with Crippen LogP contribution in [0.2, 0.25) is 0 Å². The fraction of sp³-hybridized carbons (Fsp3) is 0.500. The van der Waals surface area contributed by atoms with Gasteiger partial charge in [-0.15, -0.1) is 0 Å². The average molecular weight is 521 g/mol. The summed E-state index contributed by atoms with van der Waals surface area (Å²) in [7, 11) is 0. The minimum atomic E-state index is -1.75. The summed E-state index contributed by atoms with van der Waals surface area (Å²) in [4.78, 5) is 43.1. The van der Waals surface area contributed by atoms with Crippen molar-refractivity contribution in [3.63, 3.8) is 0 Å². The number of amides is 2. The third-order valence-corrected chi connectivity index (χ3v) is 0.649. The third-order valence-electron chi connectivity index (χ3n) is 0.649. The van der Waals surface area contributed by atoms with Gasteiger partial charge in [0.25, 0.3) is 6.02 Å². The Morgan fingerprint density at radius 2 is 1.00 bits per heavy atom. The molecule has 0 aromatic heterocycles. The first-order valence-electron chi connectivity index (χ1n) is 4.78. The molecule has 0 aromatic carbocycles. The molecule has 0 bridgehead atoms. The Kier molecular flexibility index (Phi) is 49.1. The van der Waals surface area contributed by atoms with Gasteiger partial charge in [0, 0.05) is 0 Å². The number of carbonyl (C=O) groups excluding carboxylic acids is 1. The number of primary amides is 1. The van der Waals surface area contributed by atoms with E-state index in [9.17, 15) is 4.79 Å². The van der Waals surface area contributed by atoms with Crippen LogP contribution >= 0.6 is 0 Å². The molecule has 0 rings (SSSR count). The molecule has 0 aromatic rings. The Morgan fingerprint density at radius 1 is 0.821 bits per heavy atom. The van der Waals surface area contributed by atoms with E-state index in [-0.39, 0.29) is 34.1 Å². The van der Waals surface area contributed by atoms with Crippen molar-refractivity contribution in [1.29, 1.82) is 5.41 Å². The summed E-state index contributed by atoms with van der Waals surface area (Å²) in [6, 6.07) is -1.17. The van der Waals surface area contributed by atoms with Gasteiger partial charge in [-0.2, -0.15) is 0 Å². The van der Waals surface area contributed by atoms with Crippen molar-refractivity contribution in [2.24, 2.45) is 11.5 Å². The SMILES string of the molecule is CC(NC(N)=O)OC(=N)N.O=[N+]([O-])[O-].O=[N+]([O-])[O-].O=[N+]([O-])[O-].O=[N+]([O-])[O-].[Cu+2].[Cu+2]. The molecular formula is C4H10Cu2N8O14. The number of rotatable bonds is 2. The van der Waals surface area contributed by atoms with Crippen LogP contribution in [0, 0.1) is 66.7 Å². The summed E-state index contributed by atoms with van der Waals surface area (Å²) in [5.41, 5.74) is 9.57. The van der Waals surface area contributed by atoms with E-state index in [1.165, 1.54) is 6.92 Å². The second-order valence-electron chi connectivity index (χ2n) is 2.53. The molecule has 0 saturated heterocycles. The minimum Gasteiger partial charge on any atom is -0.442 e. The first kappa shape index (κ1) is 44.1. The summed E-state index contributed by atoms with van der Waals surface area (Å²) in [5.74, 6) is 0. The maximum absolute atomic E-state index is 10.1. The van der Waals surface area contributed by atoms with E-state index in [4.69, 9.17) is 78.2 Å². The predicted octanol–water partition coefficient (Wildman–Crippen LogP) is -2.05. The van der Waals surface area contributed by atoms with Crippen molar-refractivity contribution in [2.45, 2.75) is 13.2 Å². The molecule has 28 heavy (non-hydrogen) atoms. The smallest absolute Gasteiger partial charge is 0.442 e. The number of amidine groups is 1. The fourth-order valence-corrected chi connectivity index (χ4v) is 0.420. The van der Waals surface area contributed by atoms with Crippen LogP contribution < -0.4 is 16.8 Å². The normalized spacial score (nSPS) is 7.61. The van der Waals surface area contributed by atoms with Crippen molar-refractivity contribution in [2.75, 3.05) is 0 Å². The number of nitrogens with zero attached hydrogens (tertiary/aromatic N) is 4. The molecule has 2 amide bonds. The molecule has 0 saturated carbocycles. The summed E-state index contributed by atoms with van der Waals surface area (Å²) in [6.07, 6.45) is -0.657. The van der Waals surface area contributed by atoms with Gasteiger partial charge in [0.1, 0.15) is 0 Å². The first-order chi connectivity index (χ1) is 11.4. The third kappa shape index (κ3) is 533. The number of nitrogens with one attached hydrogen (secondary N) is 2. The molecule has 24 heteroatoms. The molecule has 6 N–H and O–H groups in total. The Bertz CT molecular complexity index is 383. The van der Waals surface area contributed by atoms with E-state index >= 15 is 0 Å². The maximum atomic E-state index is 10.1. The van der Waals surface area contributed by atoms with Crippen LogP contribution in [0.4, 0.5) is 4.79 Å². The Hall–Kier alpha value is -3.62. The van der Waals surface area contributed by atoms with Gasteiger partial charge in [0.05, 0.1) is 20.3 Å². The van der Waals surface area contributed by atoms with Gasteiger partial charge in [-0.05, 0) is 6.92 Å². The summed E-state index contributed by atoms with van der Waals surface area (Å²) in [6.45, 7) is 1.51. The summed E-state index contributed by atoms with van der Waals surface area (Å²) < 4.78 is 4.51. The molecule has 22 nitrogen and oxygen atoms in total. The van der Waals surface area contributed by atoms with Crippen molar-refractivity contribution >= 4 is 12.1 Å². The van der Waals surface area contributed by atoms with Gasteiger partial charge in [-0.3, -0.25) is 5.41 Å². The van der Waals surface area contributed by atoms with Crippen molar-refractivity contribution in [3.05, 3.63) is 61.3 Å². The Balaban J connectivity index is -0.0000000420. The molecule has 0 aliphatic heterocycles. The minimum absolute atomic E-state index is 0. The standard InChI is InChI=1S/C4H10N4O2.2Cu.4NO3/c1-2(8-4(7)9)10-3(5)6;;;4*2-1(3)4/h2H,1H3,(H3,5,6)(H3,7,8,9);;;;;;/q;2*+2;4*-1.